The lowest BCUT2D eigenvalue weighted by Gasteiger charge is -2.32. The molecule has 6 atom stereocenters. The van der Waals surface area contributed by atoms with Gasteiger partial charge in [0.15, 0.2) is 5.78 Å². The van der Waals surface area contributed by atoms with Gasteiger partial charge in [-0.05, 0) is 56.3 Å². The van der Waals surface area contributed by atoms with Crippen LogP contribution in [0.3, 0.4) is 0 Å². The molecule has 0 spiro atoms. The summed E-state index contributed by atoms with van der Waals surface area (Å²) in [6, 6.07) is 0.848. The largest absolute Gasteiger partial charge is 0.304 e. The monoisotopic (exact) mass is 263 g/mol. The predicted octanol–water partition coefficient (Wildman–Crippen LogP) is 3.55. The second kappa shape index (κ2) is 5.55. The number of carbonyl (C=O) groups excluding carboxylic acids is 1. The minimum Gasteiger partial charge on any atom is -0.304 e. The number of hydrogen-bond donors (Lipinski definition) is 1. The van der Waals surface area contributed by atoms with Gasteiger partial charge in [-0.25, -0.2) is 0 Å². The molecule has 1 N–H and O–H groups in total. The number of carbonyl (C=O) groups is 1. The van der Waals surface area contributed by atoms with Crippen LogP contribution in [-0.2, 0) is 4.79 Å². The third-order valence-electron chi connectivity index (χ3n) is 6.21. The quantitative estimate of drug-likeness (QED) is 0.825. The Morgan fingerprint density at radius 1 is 0.947 bits per heavy atom. The Hall–Kier alpha value is -0.370. The highest BCUT2D eigenvalue weighted by molar-refractivity contribution is 5.86. The number of hydrogen-bond acceptors (Lipinski definition) is 2. The van der Waals surface area contributed by atoms with Crippen LogP contribution < -0.4 is 5.32 Å². The topological polar surface area (TPSA) is 29.1 Å². The average molecular weight is 263 g/mol. The highest BCUT2D eigenvalue weighted by Gasteiger charge is 2.41. The van der Waals surface area contributed by atoms with Gasteiger partial charge in [-0.3, -0.25) is 4.79 Å². The van der Waals surface area contributed by atoms with Crippen LogP contribution in [0.15, 0.2) is 0 Å². The van der Waals surface area contributed by atoms with Crippen molar-refractivity contribution in [3.63, 3.8) is 0 Å². The fourth-order valence-electron chi connectivity index (χ4n) is 4.63. The molecule has 2 nitrogen and oxygen atoms in total. The highest BCUT2D eigenvalue weighted by Crippen LogP contribution is 2.38. The Morgan fingerprint density at radius 3 is 2.47 bits per heavy atom. The SMILES string of the molecule is CC1CCC(C(=O)C2CC3CCCCC3N2)CC1C. The van der Waals surface area contributed by atoms with Gasteiger partial charge in [0, 0.05) is 12.0 Å². The van der Waals surface area contributed by atoms with Crippen molar-refractivity contribution in [2.45, 2.75) is 77.3 Å². The van der Waals surface area contributed by atoms with Gasteiger partial charge in [0.1, 0.15) is 0 Å². The molecule has 0 radical (unpaired) electrons. The van der Waals surface area contributed by atoms with Crippen LogP contribution in [0.1, 0.15) is 65.2 Å². The van der Waals surface area contributed by atoms with Gasteiger partial charge in [-0.15, -0.1) is 0 Å². The molecule has 0 amide bonds. The first kappa shape index (κ1) is 13.6. The first-order valence-electron chi connectivity index (χ1n) is 8.45. The standard InChI is InChI=1S/C17H29NO/c1-11-7-8-14(9-12(11)2)17(19)16-10-13-5-3-4-6-15(13)18-16/h11-16,18H,3-10H2,1-2H3. The number of Topliss-reactive ketones (excluding diaryl/α,β-unsaturated/α-hetero) is 1. The molecule has 19 heavy (non-hydrogen) atoms. The number of nitrogens with one attached hydrogen (secondary N) is 1. The summed E-state index contributed by atoms with van der Waals surface area (Å²) in [5, 5.41) is 3.67. The molecular formula is C17H29NO. The summed E-state index contributed by atoms with van der Waals surface area (Å²) in [7, 11) is 0. The third-order valence-corrected chi connectivity index (χ3v) is 6.21. The summed E-state index contributed by atoms with van der Waals surface area (Å²) in [4.78, 5) is 12.7. The number of fused-ring (bicyclic) bond motifs is 1. The Labute approximate surface area is 117 Å². The smallest absolute Gasteiger partial charge is 0.152 e. The molecule has 6 unspecified atom stereocenters. The zero-order valence-electron chi connectivity index (χ0n) is 12.5. The fraction of sp³-hybridized carbons (Fsp3) is 0.941. The molecule has 0 aromatic rings. The van der Waals surface area contributed by atoms with E-state index in [2.05, 4.69) is 19.2 Å². The van der Waals surface area contributed by atoms with E-state index in [0.29, 0.717) is 17.7 Å². The maximum atomic E-state index is 12.7. The van der Waals surface area contributed by atoms with Crippen molar-refractivity contribution in [1.82, 2.24) is 5.32 Å². The van der Waals surface area contributed by atoms with E-state index < -0.39 is 0 Å². The van der Waals surface area contributed by atoms with Crippen molar-refractivity contribution in [3.05, 3.63) is 0 Å². The molecule has 2 heteroatoms. The van der Waals surface area contributed by atoms with Gasteiger partial charge in [-0.1, -0.05) is 26.7 Å². The molecule has 1 aliphatic heterocycles. The summed E-state index contributed by atoms with van der Waals surface area (Å²) < 4.78 is 0. The Kier molecular flexibility index (Phi) is 3.98. The molecule has 1 saturated heterocycles. The first-order valence-corrected chi connectivity index (χ1v) is 8.45. The molecule has 3 rings (SSSR count). The van der Waals surface area contributed by atoms with Gasteiger partial charge < -0.3 is 5.32 Å². The summed E-state index contributed by atoms with van der Waals surface area (Å²) in [6.07, 6.45) is 10.0. The Morgan fingerprint density at radius 2 is 1.74 bits per heavy atom. The molecule has 2 aliphatic carbocycles. The average Bonchev–Trinajstić information content (AvgIpc) is 2.85. The molecule has 0 aromatic heterocycles. The van der Waals surface area contributed by atoms with Crippen molar-refractivity contribution < 1.29 is 4.79 Å². The lowest BCUT2D eigenvalue weighted by atomic mass is 9.73. The van der Waals surface area contributed by atoms with Gasteiger partial charge >= 0.3 is 0 Å². The van der Waals surface area contributed by atoms with E-state index in [4.69, 9.17) is 0 Å². The van der Waals surface area contributed by atoms with E-state index in [9.17, 15) is 4.79 Å². The maximum Gasteiger partial charge on any atom is 0.152 e. The zero-order valence-corrected chi connectivity index (χ0v) is 12.5. The fourth-order valence-corrected chi connectivity index (χ4v) is 4.63. The van der Waals surface area contributed by atoms with Crippen LogP contribution in [0.25, 0.3) is 0 Å². The van der Waals surface area contributed by atoms with E-state index in [1.165, 1.54) is 32.1 Å². The van der Waals surface area contributed by atoms with E-state index in [0.717, 1.165) is 37.0 Å². The van der Waals surface area contributed by atoms with Gasteiger partial charge in [0.05, 0.1) is 6.04 Å². The molecule has 1 heterocycles. The van der Waals surface area contributed by atoms with Crippen molar-refractivity contribution in [2.75, 3.05) is 0 Å². The third kappa shape index (κ3) is 2.74. The number of ketones is 1. The second-order valence-corrected chi connectivity index (χ2v) is 7.47. The van der Waals surface area contributed by atoms with Gasteiger partial charge in [-0.2, -0.15) is 0 Å². The second-order valence-electron chi connectivity index (χ2n) is 7.47. The zero-order chi connectivity index (χ0) is 13.4. The number of rotatable bonds is 2. The molecule has 0 bridgehead atoms. The van der Waals surface area contributed by atoms with E-state index in [1.807, 2.05) is 0 Å². The first-order chi connectivity index (χ1) is 9.15. The summed E-state index contributed by atoms with van der Waals surface area (Å²) in [5.74, 6) is 3.23. The Balaban J connectivity index is 1.59. The van der Waals surface area contributed by atoms with Gasteiger partial charge in [0.25, 0.3) is 0 Å². The van der Waals surface area contributed by atoms with Crippen LogP contribution >= 0.6 is 0 Å². The molecular weight excluding hydrogens is 234 g/mol. The summed E-state index contributed by atoms with van der Waals surface area (Å²) in [5.41, 5.74) is 0. The molecule has 2 saturated carbocycles. The molecule has 0 aromatic carbocycles. The van der Waals surface area contributed by atoms with Crippen LogP contribution in [0.4, 0.5) is 0 Å². The van der Waals surface area contributed by atoms with Crippen molar-refractivity contribution >= 4 is 5.78 Å². The van der Waals surface area contributed by atoms with E-state index in [-0.39, 0.29) is 6.04 Å². The summed E-state index contributed by atoms with van der Waals surface area (Å²) in [6.45, 7) is 4.67. The molecule has 3 fully saturated rings. The Bertz CT molecular complexity index is 326. The van der Waals surface area contributed by atoms with Crippen molar-refractivity contribution in [2.24, 2.45) is 23.7 Å². The minimum absolute atomic E-state index is 0.193. The van der Waals surface area contributed by atoms with Crippen molar-refractivity contribution in [1.29, 1.82) is 0 Å². The lowest BCUT2D eigenvalue weighted by Crippen LogP contribution is -2.41. The predicted molar refractivity (Wildman–Crippen MR) is 78.0 cm³/mol. The van der Waals surface area contributed by atoms with Gasteiger partial charge in [0.2, 0.25) is 0 Å². The highest BCUT2D eigenvalue weighted by atomic mass is 16.1. The lowest BCUT2D eigenvalue weighted by molar-refractivity contribution is -0.126. The van der Waals surface area contributed by atoms with Crippen LogP contribution in [0.5, 0.6) is 0 Å². The van der Waals surface area contributed by atoms with Crippen LogP contribution in [0, 0.1) is 23.7 Å². The minimum atomic E-state index is 0.193. The van der Waals surface area contributed by atoms with E-state index in [1.54, 1.807) is 0 Å². The van der Waals surface area contributed by atoms with Crippen LogP contribution in [-0.4, -0.2) is 17.9 Å². The van der Waals surface area contributed by atoms with Crippen molar-refractivity contribution in [3.8, 4) is 0 Å². The normalized spacial score (nSPS) is 46.8. The molecule has 108 valence electrons. The maximum absolute atomic E-state index is 12.7. The van der Waals surface area contributed by atoms with Crippen LogP contribution in [0.2, 0.25) is 0 Å². The molecule has 3 aliphatic rings. The van der Waals surface area contributed by atoms with E-state index >= 15 is 0 Å². The summed E-state index contributed by atoms with van der Waals surface area (Å²) >= 11 is 0.